The van der Waals surface area contributed by atoms with E-state index in [1.807, 2.05) is 19.1 Å². The summed E-state index contributed by atoms with van der Waals surface area (Å²) in [6.45, 7) is 2.03. The Bertz CT molecular complexity index is 537. The number of carbonyl (C=O) groups is 1. The van der Waals surface area contributed by atoms with Crippen molar-refractivity contribution in [2.75, 3.05) is 0 Å². The first kappa shape index (κ1) is 13.0. The van der Waals surface area contributed by atoms with E-state index in [-0.39, 0.29) is 0 Å². The number of carboxylic acid groups (broad SMARTS) is 1. The van der Waals surface area contributed by atoms with Crippen molar-refractivity contribution in [2.24, 2.45) is 0 Å². The van der Waals surface area contributed by atoms with Gasteiger partial charge in [0.25, 0.3) is 0 Å². The van der Waals surface area contributed by atoms with Gasteiger partial charge in [0, 0.05) is 12.2 Å². The average molecular weight is 280 g/mol. The van der Waals surface area contributed by atoms with Crippen LogP contribution in [0.4, 0.5) is 0 Å². The van der Waals surface area contributed by atoms with Gasteiger partial charge in [0.05, 0.1) is 5.56 Å². The van der Waals surface area contributed by atoms with Crippen LogP contribution in [0.25, 0.3) is 0 Å². The van der Waals surface area contributed by atoms with E-state index in [1.54, 1.807) is 23.9 Å². The molecule has 0 amide bonds. The lowest BCUT2D eigenvalue weighted by Crippen LogP contribution is -1.95. The van der Waals surface area contributed by atoms with Crippen molar-refractivity contribution in [3.63, 3.8) is 0 Å². The standard InChI is InChI=1S/C12H12N2O2S2/c1-2-10-13-12(18-14-10)17-7-8-3-5-9(6-4-8)11(15)16/h3-6H,2,7H2,1H3,(H,15,16). The number of aryl methyl sites for hydroxylation is 1. The lowest BCUT2D eigenvalue weighted by Gasteiger charge is -1.99. The molecule has 1 aromatic carbocycles. The summed E-state index contributed by atoms with van der Waals surface area (Å²) in [7, 11) is 0. The second-order valence-electron chi connectivity index (χ2n) is 3.62. The SMILES string of the molecule is CCc1nsc(SCc2ccc(C(=O)O)cc2)n1. The summed E-state index contributed by atoms with van der Waals surface area (Å²) in [5, 5.41) is 8.79. The lowest BCUT2D eigenvalue weighted by molar-refractivity contribution is 0.0697. The van der Waals surface area contributed by atoms with Gasteiger partial charge in [-0.15, -0.1) is 0 Å². The first-order chi connectivity index (χ1) is 8.69. The molecular weight excluding hydrogens is 268 g/mol. The summed E-state index contributed by atoms with van der Waals surface area (Å²) in [4.78, 5) is 15.1. The minimum absolute atomic E-state index is 0.313. The Morgan fingerprint density at radius 2 is 2.11 bits per heavy atom. The monoisotopic (exact) mass is 280 g/mol. The highest BCUT2D eigenvalue weighted by Gasteiger charge is 2.05. The maximum absolute atomic E-state index is 10.7. The predicted molar refractivity (Wildman–Crippen MR) is 72.2 cm³/mol. The van der Waals surface area contributed by atoms with Gasteiger partial charge < -0.3 is 5.11 Å². The van der Waals surface area contributed by atoms with Crippen LogP contribution >= 0.6 is 23.3 Å². The molecule has 0 aliphatic carbocycles. The Hall–Kier alpha value is -1.40. The zero-order chi connectivity index (χ0) is 13.0. The first-order valence-corrected chi connectivity index (χ1v) is 7.22. The fourth-order valence-corrected chi connectivity index (χ4v) is 2.98. The molecule has 0 bridgehead atoms. The van der Waals surface area contributed by atoms with Crippen molar-refractivity contribution in [1.82, 2.24) is 9.36 Å². The molecule has 0 saturated heterocycles. The third kappa shape index (κ3) is 3.30. The number of benzene rings is 1. The number of aromatic nitrogens is 2. The molecule has 0 aliphatic rings. The van der Waals surface area contributed by atoms with Crippen molar-refractivity contribution in [3.8, 4) is 0 Å². The average Bonchev–Trinajstić information content (AvgIpc) is 2.85. The molecular formula is C12H12N2O2S2. The largest absolute Gasteiger partial charge is 0.478 e. The van der Waals surface area contributed by atoms with Gasteiger partial charge >= 0.3 is 5.97 Å². The molecule has 2 aromatic rings. The fraction of sp³-hybridized carbons (Fsp3) is 0.250. The number of hydrogen-bond acceptors (Lipinski definition) is 5. The molecule has 1 aromatic heterocycles. The van der Waals surface area contributed by atoms with Crippen LogP contribution < -0.4 is 0 Å². The summed E-state index contributed by atoms with van der Waals surface area (Å²) in [5.41, 5.74) is 1.39. The number of rotatable bonds is 5. The summed E-state index contributed by atoms with van der Waals surface area (Å²) in [5.74, 6) is 0.757. The van der Waals surface area contributed by atoms with Gasteiger partial charge in [0.1, 0.15) is 5.82 Å². The molecule has 0 radical (unpaired) electrons. The summed E-state index contributed by atoms with van der Waals surface area (Å²) in [6, 6.07) is 6.90. The van der Waals surface area contributed by atoms with Crippen LogP contribution in [0.5, 0.6) is 0 Å². The van der Waals surface area contributed by atoms with E-state index in [2.05, 4.69) is 9.36 Å². The fourth-order valence-electron chi connectivity index (χ4n) is 1.33. The van der Waals surface area contributed by atoms with Crippen molar-refractivity contribution in [1.29, 1.82) is 0 Å². The molecule has 1 heterocycles. The van der Waals surface area contributed by atoms with Crippen molar-refractivity contribution in [3.05, 3.63) is 41.2 Å². The third-order valence-electron chi connectivity index (χ3n) is 2.33. The third-order valence-corrected chi connectivity index (χ3v) is 4.27. The molecule has 94 valence electrons. The Morgan fingerprint density at radius 3 is 2.67 bits per heavy atom. The zero-order valence-corrected chi connectivity index (χ0v) is 11.4. The highest BCUT2D eigenvalue weighted by Crippen LogP contribution is 2.24. The molecule has 0 spiro atoms. The van der Waals surface area contributed by atoms with Crippen molar-refractivity contribution >= 4 is 29.3 Å². The Labute approximate surface area is 113 Å². The highest BCUT2D eigenvalue weighted by molar-refractivity contribution is 8.00. The van der Waals surface area contributed by atoms with E-state index in [1.165, 1.54) is 11.5 Å². The molecule has 18 heavy (non-hydrogen) atoms. The Kier molecular flexibility index (Phi) is 4.33. The van der Waals surface area contributed by atoms with Gasteiger partial charge in [-0.1, -0.05) is 30.8 Å². The van der Waals surface area contributed by atoms with Crippen LogP contribution in [0, 0.1) is 0 Å². The van der Waals surface area contributed by atoms with Gasteiger partial charge in [0.2, 0.25) is 0 Å². The molecule has 0 fully saturated rings. The molecule has 0 unspecified atom stereocenters. The highest BCUT2D eigenvalue weighted by atomic mass is 32.2. The van der Waals surface area contributed by atoms with Gasteiger partial charge in [-0.05, 0) is 29.2 Å². The van der Waals surface area contributed by atoms with Crippen LogP contribution in [-0.2, 0) is 12.2 Å². The summed E-state index contributed by atoms with van der Waals surface area (Å²) >= 11 is 3.03. The molecule has 4 nitrogen and oxygen atoms in total. The Balaban J connectivity index is 1.95. The first-order valence-electron chi connectivity index (χ1n) is 5.46. The van der Waals surface area contributed by atoms with E-state index in [0.717, 1.165) is 27.9 Å². The predicted octanol–water partition coefficient (Wildman–Crippen LogP) is 3.09. The van der Waals surface area contributed by atoms with Crippen LogP contribution in [0.15, 0.2) is 28.6 Å². The number of hydrogen-bond donors (Lipinski definition) is 1. The van der Waals surface area contributed by atoms with E-state index in [0.29, 0.717) is 5.56 Å². The molecule has 6 heteroatoms. The van der Waals surface area contributed by atoms with E-state index >= 15 is 0 Å². The summed E-state index contributed by atoms with van der Waals surface area (Å²) < 4.78 is 5.17. The number of thioether (sulfide) groups is 1. The number of nitrogens with zero attached hydrogens (tertiary/aromatic N) is 2. The topological polar surface area (TPSA) is 63.1 Å². The summed E-state index contributed by atoms with van der Waals surface area (Å²) in [6.07, 6.45) is 0.852. The molecule has 0 atom stereocenters. The van der Waals surface area contributed by atoms with Crippen LogP contribution in [-0.4, -0.2) is 20.4 Å². The van der Waals surface area contributed by atoms with E-state index in [4.69, 9.17) is 5.11 Å². The van der Waals surface area contributed by atoms with E-state index < -0.39 is 5.97 Å². The minimum atomic E-state index is -0.897. The zero-order valence-electron chi connectivity index (χ0n) is 9.79. The molecule has 0 saturated carbocycles. The van der Waals surface area contributed by atoms with Gasteiger partial charge in [-0.25, -0.2) is 9.78 Å². The lowest BCUT2D eigenvalue weighted by atomic mass is 10.1. The maximum Gasteiger partial charge on any atom is 0.335 e. The van der Waals surface area contributed by atoms with Crippen LogP contribution in [0.1, 0.15) is 28.7 Å². The Morgan fingerprint density at radius 1 is 1.39 bits per heavy atom. The van der Waals surface area contributed by atoms with Gasteiger partial charge in [-0.3, -0.25) is 0 Å². The van der Waals surface area contributed by atoms with Crippen molar-refractivity contribution in [2.45, 2.75) is 23.4 Å². The number of carboxylic acids is 1. The van der Waals surface area contributed by atoms with Crippen LogP contribution in [0.3, 0.4) is 0 Å². The van der Waals surface area contributed by atoms with Crippen molar-refractivity contribution < 1.29 is 9.90 Å². The molecule has 2 rings (SSSR count). The van der Waals surface area contributed by atoms with Crippen LogP contribution in [0.2, 0.25) is 0 Å². The van der Waals surface area contributed by atoms with E-state index in [9.17, 15) is 4.79 Å². The smallest absolute Gasteiger partial charge is 0.335 e. The molecule has 0 aliphatic heterocycles. The van der Waals surface area contributed by atoms with Gasteiger partial charge in [0.15, 0.2) is 4.34 Å². The minimum Gasteiger partial charge on any atom is -0.478 e. The second-order valence-corrected chi connectivity index (χ2v) is 5.60. The quantitative estimate of drug-likeness (QED) is 0.853. The van der Waals surface area contributed by atoms with Gasteiger partial charge in [-0.2, -0.15) is 4.37 Å². The second kappa shape index (κ2) is 5.97. The molecule has 1 N–H and O–H groups in total. The maximum atomic E-state index is 10.7. The normalized spacial score (nSPS) is 10.5. The number of aromatic carboxylic acids is 1.